The highest BCUT2D eigenvalue weighted by molar-refractivity contribution is 6.14. The predicted octanol–water partition coefficient (Wildman–Crippen LogP) is 2.58. The van der Waals surface area contributed by atoms with E-state index in [9.17, 15) is 19.5 Å². The zero-order chi connectivity index (χ0) is 36.2. The smallest absolute Gasteiger partial charge is 0.273 e. The number of hydrogen-bond donors (Lipinski definition) is 5. The van der Waals surface area contributed by atoms with E-state index in [0.717, 1.165) is 53.2 Å². The van der Waals surface area contributed by atoms with Crippen molar-refractivity contribution in [2.45, 2.75) is 50.8 Å². The molecule has 2 aliphatic heterocycles. The van der Waals surface area contributed by atoms with Gasteiger partial charge in [-0.25, -0.2) is 4.98 Å². The molecule has 4 aromatic rings. The van der Waals surface area contributed by atoms with Gasteiger partial charge < -0.3 is 31.3 Å². The van der Waals surface area contributed by atoms with Crippen molar-refractivity contribution in [1.82, 2.24) is 40.5 Å². The molecule has 15 nitrogen and oxygen atoms in total. The number of nitrogens with zero attached hydrogens (tertiary/aromatic N) is 7. The van der Waals surface area contributed by atoms with Crippen LogP contribution >= 0.6 is 0 Å². The highest BCUT2D eigenvalue weighted by atomic mass is 16.3. The van der Waals surface area contributed by atoms with E-state index in [1.807, 2.05) is 26.1 Å². The summed E-state index contributed by atoms with van der Waals surface area (Å²) in [5.74, 6) is -0.645. The van der Waals surface area contributed by atoms with Gasteiger partial charge in [-0.15, -0.1) is 10.2 Å². The van der Waals surface area contributed by atoms with E-state index in [4.69, 9.17) is 12.9 Å². The molecule has 1 saturated carbocycles. The van der Waals surface area contributed by atoms with Crippen LogP contribution in [0.1, 0.15) is 76.3 Å². The summed E-state index contributed by atoms with van der Waals surface area (Å²) in [6.45, 7) is 4.95. The summed E-state index contributed by atoms with van der Waals surface area (Å²) < 4.78 is 2.06. The van der Waals surface area contributed by atoms with E-state index >= 15 is 0 Å². The molecule has 3 aliphatic rings. The van der Waals surface area contributed by atoms with Crippen molar-refractivity contribution in [2.24, 2.45) is 5.92 Å². The molecule has 3 aromatic heterocycles. The van der Waals surface area contributed by atoms with Crippen molar-refractivity contribution < 1.29 is 19.5 Å². The molecule has 5 heterocycles. The van der Waals surface area contributed by atoms with Crippen LogP contribution in [0.4, 0.5) is 22.9 Å². The Morgan fingerprint density at radius 1 is 1.02 bits per heavy atom. The average molecular weight is 690 g/mol. The van der Waals surface area contributed by atoms with Gasteiger partial charge in [-0.3, -0.25) is 24.0 Å². The molecule has 1 aliphatic carbocycles. The van der Waals surface area contributed by atoms with Crippen LogP contribution in [0, 0.1) is 12.8 Å². The third-order valence-electron chi connectivity index (χ3n) is 9.93. The predicted molar refractivity (Wildman–Crippen MR) is 192 cm³/mol. The first-order valence-corrected chi connectivity index (χ1v) is 17.1. The van der Waals surface area contributed by atoms with E-state index in [0.29, 0.717) is 18.8 Å². The van der Waals surface area contributed by atoms with Crippen LogP contribution in [0.5, 0.6) is 0 Å². The quantitative estimate of drug-likeness (QED) is 0.154. The van der Waals surface area contributed by atoms with Crippen molar-refractivity contribution in [3.05, 3.63) is 70.9 Å². The maximum atomic E-state index is 12.8. The third kappa shape index (κ3) is 5.97. The Kier molecular flexibility index (Phi) is 8.75. The Labute approximate surface area is 296 Å². The number of carbonyl (C=O) groups is 3. The van der Waals surface area contributed by atoms with Gasteiger partial charge in [-0.2, -0.15) is 5.10 Å². The molecule has 1 aromatic carbocycles. The number of hydrogen-bond acceptors (Lipinski definition) is 11. The first kappa shape index (κ1) is 34.1. The summed E-state index contributed by atoms with van der Waals surface area (Å²) in [5.41, 5.74) is 4.56. The molecule has 5 N–H and O–H groups in total. The van der Waals surface area contributed by atoms with Crippen molar-refractivity contribution in [3.8, 4) is 11.1 Å². The molecular formula is C35H40BN11O4. The van der Waals surface area contributed by atoms with Crippen LogP contribution in [0.25, 0.3) is 11.1 Å². The fraction of sp³-hybridized carbons (Fsp3) is 0.400. The fourth-order valence-corrected chi connectivity index (χ4v) is 7.03. The lowest BCUT2D eigenvalue weighted by molar-refractivity contribution is -0.117. The van der Waals surface area contributed by atoms with E-state index in [2.05, 4.69) is 59.0 Å². The Morgan fingerprint density at radius 2 is 1.75 bits per heavy atom. The number of carbonyl (C=O) groups excluding carboxylic acids is 3. The van der Waals surface area contributed by atoms with Gasteiger partial charge >= 0.3 is 0 Å². The van der Waals surface area contributed by atoms with Crippen LogP contribution in [0.2, 0.25) is 0 Å². The van der Waals surface area contributed by atoms with Gasteiger partial charge in [0.2, 0.25) is 5.91 Å². The van der Waals surface area contributed by atoms with Gasteiger partial charge in [0.1, 0.15) is 19.2 Å². The summed E-state index contributed by atoms with van der Waals surface area (Å²) in [5, 5.41) is 36.1. The molecule has 3 amide bonds. The van der Waals surface area contributed by atoms with E-state index in [-0.39, 0.29) is 52.7 Å². The van der Waals surface area contributed by atoms with E-state index in [1.165, 1.54) is 14.1 Å². The lowest BCUT2D eigenvalue weighted by Crippen LogP contribution is -2.59. The highest BCUT2D eigenvalue weighted by Gasteiger charge is 2.45. The normalized spacial score (nSPS) is 18.2. The minimum Gasteiger partial charge on any atom is -0.379 e. The van der Waals surface area contributed by atoms with Crippen LogP contribution in [-0.2, 0) is 10.4 Å². The Morgan fingerprint density at radius 3 is 2.43 bits per heavy atom. The van der Waals surface area contributed by atoms with E-state index < -0.39 is 11.5 Å². The number of benzene rings is 1. The Balaban J connectivity index is 1.20. The number of rotatable bonds is 10. The SMILES string of the molecule is [B]C(O)(c1cccc(C(=O)NC)n1)N1CC(n2nc(C)c3c2C(CC)N(C)c2c(Nc4cc(NC(=O)C5CC5)nnc4C(=O)NC)cccc2-3)C1. The van der Waals surface area contributed by atoms with Crippen LogP contribution < -0.4 is 26.2 Å². The van der Waals surface area contributed by atoms with Gasteiger partial charge in [0, 0.05) is 57.3 Å². The fourth-order valence-electron chi connectivity index (χ4n) is 7.03. The van der Waals surface area contributed by atoms with Gasteiger partial charge in [0.25, 0.3) is 11.8 Å². The van der Waals surface area contributed by atoms with Gasteiger partial charge in [0.05, 0.1) is 46.2 Å². The number of fused-ring (bicyclic) bond motifs is 3. The molecule has 262 valence electrons. The maximum absolute atomic E-state index is 12.8. The second-order valence-electron chi connectivity index (χ2n) is 13.3. The first-order valence-electron chi connectivity index (χ1n) is 17.1. The summed E-state index contributed by atoms with van der Waals surface area (Å²) in [7, 11) is 11.5. The van der Waals surface area contributed by atoms with Crippen molar-refractivity contribution in [3.63, 3.8) is 0 Å². The number of nitrogens with one attached hydrogen (secondary N) is 4. The van der Waals surface area contributed by atoms with Crippen molar-refractivity contribution in [1.29, 1.82) is 0 Å². The first-order chi connectivity index (χ1) is 24.5. The third-order valence-corrected chi connectivity index (χ3v) is 9.93. The minimum absolute atomic E-state index is 0.0187. The van der Waals surface area contributed by atoms with Gasteiger partial charge in [-0.05, 0) is 44.4 Å². The second-order valence-corrected chi connectivity index (χ2v) is 13.3. The number of amides is 3. The standard InChI is InChI=1S/C35H40BN11O4/c1-6-25-31-28(18(2)44-47(31)20-16-46(17-20)35(36,51)26-12-8-11-23(40-26)33(49)37-3)21-9-7-10-22(30(21)45(25)5)39-24-15-27(41-32(48)19-13-14-19)42-43-29(24)34(50)38-4/h7-12,15,19-20,25,51H,6,13-14,16-17H2,1-5H3,(H,37,49)(H,38,50)(H2,39,41,42,48). The molecule has 2 unspecified atom stereocenters. The molecule has 2 atom stereocenters. The number of aromatic nitrogens is 5. The summed E-state index contributed by atoms with van der Waals surface area (Å²) >= 11 is 0. The van der Waals surface area contributed by atoms with Crippen molar-refractivity contribution in [2.75, 3.05) is 49.8 Å². The monoisotopic (exact) mass is 689 g/mol. The lowest BCUT2D eigenvalue weighted by Gasteiger charge is -2.49. The van der Waals surface area contributed by atoms with Gasteiger partial charge in [0.15, 0.2) is 11.5 Å². The number of pyridine rings is 1. The molecule has 0 spiro atoms. The Bertz CT molecular complexity index is 2040. The second kappa shape index (κ2) is 13.1. The Hall–Kier alpha value is -5.35. The molecular weight excluding hydrogens is 649 g/mol. The van der Waals surface area contributed by atoms with Crippen molar-refractivity contribution >= 4 is 48.4 Å². The topological polar surface area (TPSA) is 183 Å². The number of para-hydroxylation sites is 1. The zero-order valence-corrected chi connectivity index (χ0v) is 29.2. The molecule has 7 rings (SSSR count). The summed E-state index contributed by atoms with van der Waals surface area (Å²) in [4.78, 5) is 45.8. The summed E-state index contributed by atoms with van der Waals surface area (Å²) in [6, 6.07) is 12.3. The molecule has 2 radical (unpaired) electrons. The minimum atomic E-state index is -1.88. The number of likely N-dealkylation sites (tertiary alicyclic amines) is 1. The largest absolute Gasteiger partial charge is 0.379 e. The maximum Gasteiger partial charge on any atom is 0.273 e. The molecule has 16 heteroatoms. The number of anilines is 4. The summed E-state index contributed by atoms with van der Waals surface area (Å²) in [6.07, 6.45) is 2.47. The zero-order valence-electron chi connectivity index (χ0n) is 29.2. The van der Waals surface area contributed by atoms with Crippen LogP contribution in [0.15, 0.2) is 42.5 Å². The lowest BCUT2D eigenvalue weighted by atomic mass is 9.82. The number of aryl methyl sites for hydroxylation is 1. The highest BCUT2D eigenvalue weighted by Crippen LogP contribution is 2.51. The molecule has 0 bridgehead atoms. The number of aliphatic hydroxyl groups is 1. The molecule has 1 saturated heterocycles. The van der Waals surface area contributed by atoms with Crippen LogP contribution in [-0.4, -0.2) is 94.8 Å². The van der Waals surface area contributed by atoms with E-state index in [1.54, 1.807) is 29.2 Å². The average Bonchev–Trinajstić information content (AvgIpc) is 3.91. The van der Waals surface area contributed by atoms with Crippen LogP contribution in [0.3, 0.4) is 0 Å². The van der Waals surface area contributed by atoms with Gasteiger partial charge in [-0.1, -0.05) is 25.1 Å². The molecule has 51 heavy (non-hydrogen) atoms. The molecule has 2 fully saturated rings.